The van der Waals surface area contributed by atoms with Crippen molar-refractivity contribution in [1.82, 2.24) is 5.32 Å². The second-order valence-electron chi connectivity index (χ2n) is 5.13. The van der Waals surface area contributed by atoms with E-state index in [2.05, 4.69) is 10.6 Å². The molecule has 0 saturated carbocycles. The molecular weight excluding hydrogens is 328 g/mol. The number of aryl methyl sites for hydroxylation is 1. The van der Waals surface area contributed by atoms with Gasteiger partial charge in [0.25, 0.3) is 0 Å². The molecule has 0 unspecified atom stereocenters. The number of nitriles is 1. The number of anilines is 2. The van der Waals surface area contributed by atoms with Gasteiger partial charge >= 0.3 is 6.09 Å². The first kappa shape index (κ1) is 17.7. The number of fused-ring (bicyclic) bond motifs is 1. The predicted octanol–water partition coefficient (Wildman–Crippen LogP) is 2.32. The predicted molar refractivity (Wildman–Crippen MR) is 93.7 cm³/mol. The van der Waals surface area contributed by atoms with E-state index >= 15 is 0 Å². The van der Waals surface area contributed by atoms with Gasteiger partial charge in [0.15, 0.2) is 5.11 Å². The third kappa shape index (κ3) is 4.43. The Balaban J connectivity index is 2.18. The number of nitrogens with zero attached hydrogens (tertiary/aromatic N) is 2. The standard InChI is InChI=1S/C16H18N4O3S/c1-2-23-16(22)19-15(24)18-12-7-6-11-4-3-5-14(21)20(9-8-17)13(11)10-12/h6-7,10H,2-5,9H2,1H3,(H2,18,19,22,24). The Morgan fingerprint density at radius 3 is 2.96 bits per heavy atom. The van der Waals surface area contributed by atoms with Crippen LogP contribution in [-0.2, 0) is 16.0 Å². The molecular formula is C16H18N4O3S. The molecule has 2 N–H and O–H groups in total. The summed E-state index contributed by atoms with van der Waals surface area (Å²) in [6, 6.07) is 7.50. The fourth-order valence-electron chi connectivity index (χ4n) is 2.47. The Bertz CT molecular complexity index is 699. The molecule has 1 heterocycles. The maximum atomic E-state index is 12.2. The van der Waals surface area contributed by atoms with E-state index in [1.165, 1.54) is 4.90 Å². The zero-order valence-corrected chi connectivity index (χ0v) is 14.1. The van der Waals surface area contributed by atoms with Crippen LogP contribution in [0.1, 0.15) is 25.3 Å². The van der Waals surface area contributed by atoms with Crippen LogP contribution in [0.15, 0.2) is 18.2 Å². The average Bonchev–Trinajstić information content (AvgIpc) is 2.67. The van der Waals surface area contributed by atoms with Gasteiger partial charge in [-0.15, -0.1) is 0 Å². The molecule has 126 valence electrons. The minimum atomic E-state index is -0.633. The molecule has 0 saturated heterocycles. The summed E-state index contributed by atoms with van der Waals surface area (Å²) in [5, 5.41) is 14.3. The van der Waals surface area contributed by atoms with Gasteiger partial charge in [-0.05, 0) is 49.7 Å². The van der Waals surface area contributed by atoms with Gasteiger partial charge in [0.2, 0.25) is 5.91 Å². The van der Waals surface area contributed by atoms with Crippen LogP contribution in [0.5, 0.6) is 0 Å². The van der Waals surface area contributed by atoms with E-state index in [-0.39, 0.29) is 24.2 Å². The first-order valence-electron chi connectivity index (χ1n) is 7.60. The van der Waals surface area contributed by atoms with Crippen LogP contribution in [0.2, 0.25) is 0 Å². The number of carbonyl (C=O) groups excluding carboxylic acids is 2. The topological polar surface area (TPSA) is 94.5 Å². The summed E-state index contributed by atoms with van der Waals surface area (Å²) in [6.07, 6.45) is 1.31. The van der Waals surface area contributed by atoms with Crippen molar-refractivity contribution < 1.29 is 14.3 Å². The highest BCUT2D eigenvalue weighted by Gasteiger charge is 2.22. The summed E-state index contributed by atoms with van der Waals surface area (Å²) in [4.78, 5) is 25.0. The maximum absolute atomic E-state index is 12.2. The number of ether oxygens (including phenoxy) is 1. The highest BCUT2D eigenvalue weighted by molar-refractivity contribution is 7.80. The molecule has 0 fully saturated rings. The summed E-state index contributed by atoms with van der Waals surface area (Å²) in [7, 11) is 0. The Morgan fingerprint density at radius 1 is 1.46 bits per heavy atom. The lowest BCUT2D eigenvalue weighted by molar-refractivity contribution is -0.118. The molecule has 7 nitrogen and oxygen atoms in total. The maximum Gasteiger partial charge on any atom is 0.413 e. The lowest BCUT2D eigenvalue weighted by atomic mass is 10.1. The molecule has 1 aliphatic heterocycles. The molecule has 24 heavy (non-hydrogen) atoms. The second-order valence-corrected chi connectivity index (χ2v) is 5.54. The van der Waals surface area contributed by atoms with Crippen molar-refractivity contribution in [3.63, 3.8) is 0 Å². The molecule has 0 radical (unpaired) electrons. The molecule has 1 aromatic carbocycles. The van der Waals surface area contributed by atoms with Crippen molar-refractivity contribution in [1.29, 1.82) is 5.26 Å². The number of benzene rings is 1. The van der Waals surface area contributed by atoms with Crippen molar-refractivity contribution in [2.75, 3.05) is 23.4 Å². The van der Waals surface area contributed by atoms with Crippen LogP contribution in [0.25, 0.3) is 0 Å². The van der Waals surface area contributed by atoms with Crippen LogP contribution in [0, 0.1) is 11.3 Å². The summed E-state index contributed by atoms with van der Waals surface area (Å²) >= 11 is 5.06. The third-order valence-electron chi connectivity index (χ3n) is 3.49. The molecule has 0 aromatic heterocycles. The Labute approximate surface area is 145 Å². The minimum absolute atomic E-state index is 0.000803. The van der Waals surface area contributed by atoms with E-state index in [0.717, 1.165) is 18.4 Å². The Morgan fingerprint density at radius 2 is 2.25 bits per heavy atom. The van der Waals surface area contributed by atoms with Gasteiger partial charge in [0.1, 0.15) is 6.54 Å². The molecule has 2 amide bonds. The van der Waals surface area contributed by atoms with Crippen LogP contribution in [-0.4, -0.2) is 30.3 Å². The number of thiocarbonyl (C=S) groups is 1. The number of amides is 2. The molecule has 1 aliphatic rings. The lowest BCUT2D eigenvalue weighted by Gasteiger charge is -2.21. The van der Waals surface area contributed by atoms with Crippen molar-refractivity contribution in [3.05, 3.63) is 23.8 Å². The monoisotopic (exact) mass is 346 g/mol. The molecule has 0 bridgehead atoms. The van der Waals surface area contributed by atoms with E-state index in [0.29, 0.717) is 17.8 Å². The van der Waals surface area contributed by atoms with Crippen molar-refractivity contribution in [2.45, 2.75) is 26.2 Å². The van der Waals surface area contributed by atoms with Crippen molar-refractivity contribution in [3.8, 4) is 6.07 Å². The van der Waals surface area contributed by atoms with Gasteiger partial charge in [-0.25, -0.2) is 4.79 Å². The molecule has 0 atom stereocenters. The number of hydrogen-bond acceptors (Lipinski definition) is 5. The Hall–Kier alpha value is -2.66. The van der Waals surface area contributed by atoms with Crippen molar-refractivity contribution in [2.24, 2.45) is 0 Å². The fourth-order valence-corrected chi connectivity index (χ4v) is 2.67. The summed E-state index contributed by atoms with van der Waals surface area (Å²) in [5.74, 6) is -0.0697. The number of hydrogen-bond donors (Lipinski definition) is 2. The summed E-state index contributed by atoms with van der Waals surface area (Å²) < 4.78 is 4.75. The molecule has 0 aliphatic carbocycles. The minimum Gasteiger partial charge on any atom is -0.450 e. The first-order valence-corrected chi connectivity index (χ1v) is 8.01. The second kappa shape index (κ2) is 8.26. The Kier molecular flexibility index (Phi) is 6.09. The average molecular weight is 346 g/mol. The van der Waals surface area contributed by atoms with E-state index in [1.807, 2.05) is 18.2 Å². The van der Waals surface area contributed by atoms with Gasteiger partial charge in [0, 0.05) is 12.1 Å². The zero-order valence-electron chi connectivity index (χ0n) is 13.3. The normalized spacial score (nSPS) is 13.3. The van der Waals surface area contributed by atoms with E-state index < -0.39 is 6.09 Å². The van der Waals surface area contributed by atoms with Gasteiger partial charge in [-0.2, -0.15) is 5.26 Å². The highest BCUT2D eigenvalue weighted by Crippen LogP contribution is 2.29. The van der Waals surface area contributed by atoms with Crippen LogP contribution >= 0.6 is 12.2 Å². The number of nitrogens with one attached hydrogen (secondary N) is 2. The van der Waals surface area contributed by atoms with Gasteiger partial charge in [-0.1, -0.05) is 6.07 Å². The summed E-state index contributed by atoms with van der Waals surface area (Å²) in [6.45, 7) is 1.95. The lowest BCUT2D eigenvalue weighted by Crippen LogP contribution is -2.34. The van der Waals surface area contributed by atoms with Crippen LogP contribution < -0.4 is 15.5 Å². The molecule has 0 spiro atoms. The van der Waals surface area contributed by atoms with E-state index in [1.54, 1.807) is 13.0 Å². The van der Waals surface area contributed by atoms with E-state index in [4.69, 9.17) is 22.2 Å². The summed E-state index contributed by atoms with van der Waals surface area (Å²) in [5.41, 5.74) is 2.32. The smallest absolute Gasteiger partial charge is 0.413 e. The number of carbonyl (C=O) groups is 2. The highest BCUT2D eigenvalue weighted by atomic mass is 32.1. The number of rotatable bonds is 3. The molecule has 2 rings (SSSR count). The number of alkyl carbamates (subject to hydrolysis) is 1. The molecule has 8 heteroatoms. The third-order valence-corrected chi connectivity index (χ3v) is 3.70. The molecule has 1 aromatic rings. The van der Waals surface area contributed by atoms with E-state index in [9.17, 15) is 9.59 Å². The quantitative estimate of drug-likeness (QED) is 0.644. The zero-order chi connectivity index (χ0) is 17.5. The van der Waals surface area contributed by atoms with Crippen LogP contribution in [0.3, 0.4) is 0 Å². The van der Waals surface area contributed by atoms with Gasteiger partial charge in [-0.3, -0.25) is 15.0 Å². The van der Waals surface area contributed by atoms with Gasteiger partial charge < -0.3 is 10.1 Å². The van der Waals surface area contributed by atoms with Crippen LogP contribution in [0.4, 0.5) is 16.2 Å². The SMILES string of the molecule is CCOC(=O)NC(=S)Nc1ccc2c(c1)N(CC#N)C(=O)CCC2. The van der Waals surface area contributed by atoms with Crippen molar-refractivity contribution >= 4 is 40.7 Å². The fraction of sp³-hybridized carbons (Fsp3) is 0.375. The van der Waals surface area contributed by atoms with Gasteiger partial charge in [0.05, 0.1) is 18.4 Å². The largest absolute Gasteiger partial charge is 0.450 e. The first-order chi connectivity index (χ1) is 11.5.